The number of carbonyl (C=O) groups is 1. The number of piperidine rings is 1. The second-order valence-corrected chi connectivity index (χ2v) is 9.56. The zero-order valence-corrected chi connectivity index (χ0v) is 21.6. The minimum Gasteiger partial charge on any atom is -0.494 e. The Morgan fingerprint density at radius 1 is 1.20 bits per heavy atom. The van der Waals surface area contributed by atoms with Crippen molar-refractivity contribution in [3.05, 3.63) is 64.7 Å². The lowest BCUT2D eigenvalue weighted by Crippen LogP contribution is -2.42. The van der Waals surface area contributed by atoms with Crippen molar-refractivity contribution in [2.24, 2.45) is 0 Å². The van der Waals surface area contributed by atoms with Crippen molar-refractivity contribution < 1.29 is 9.53 Å². The van der Waals surface area contributed by atoms with E-state index >= 15 is 0 Å². The van der Waals surface area contributed by atoms with E-state index in [0.29, 0.717) is 23.4 Å². The lowest BCUT2D eigenvalue weighted by molar-refractivity contribution is -0.111. The normalized spacial score (nSPS) is 14.7. The van der Waals surface area contributed by atoms with Crippen LogP contribution in [0.1, 0.15) is 30.9 Å². The molecule has 0 spiro atoms. The maximum atomic E-state index is 12.5. The van der Waals surface area contributed by atoms with Gasteiger partial charge in [-0.3, -0.25) is 4.79 Å². The SMILES string of the molecule is CCOc1ccc(/C=C/C(=O)Nc2ccc3nc(N4CCC(N(C)C)CC4)cc(C)c3c2)c(Cl)c1. The number of rotatable bonds is 7. The largest absolute Gasteiger partial charge is 0.494 e. The summed E-state index contributed by atoms with van der Waals surface area (Å²) in [7, 11) is 4.31. The minimum absolute atomic E-state index is 0.222. The molecule has 1 aliphatic rings. The number of carbonyl (C=O) groups excluding carboxylic acids is 1. The fraction of sp³-hybridized carbons (Fsp3) is 0.357. The predicted molar refractivity (Wildman–Crippen MR) is 146 cm³/mol. The number of nitrogens with one attached hydrogen (secondary N) is 1. The van der Waals surface area contributed by atoms with Crippen molar-refractivity contribution in [1.29, 1.82) is 0 Å². The first-order chi connectivity index (χ1) is 16.8. The van der Waals surface area contributed by atoms with E-state index in [4.69, 9.17) is 21.3 Å². The van der Waals surface area contributed by atoms with Crippen LogP contribution in [0.25, 0.3) is 17.0 Å². The standard InChI is InChI=1S/C28H33ClN4O2/c1-5-35-23-9-6-20(25(29)18-23)7-11-28(34)30-21-8-10-26-24(17-21)19(2)16-27(31-26)33-14-12-22(13-15-33)32(3)4/h6-11,16-18,22H,5,12-15H2,1-4H3,(H,30,34)/b11-7+. The molecule has 4 rings (SSSR count). The number of hydrogen-bond donors (Lipinski definition) is 1. The highest BCUT2D eigenvalue weighted by atomic mass is 35.5. The number of hydrogen-bond acceptors (Lipinski definition) is 5. The first-order valence-electron chi connectivity index (χ1n) is 12.1. The van der Waals surface area contributed by atoms with Gasteiger partial charge < -0.3 is 19.9 Å². The monoisotopic (exact) mass is 492 g/mol. The van der Waals surface area contributed by atoms with Gasteiger partial charge in [-0.2, -0.15) is 0 Å². The fourth-order valence-corrected chi connectivity index (χ4v) is 4.71. The molecule has 35 heavy (non-hydrogen) atoms. The van der Waals surface area contributed by atoms with Gasteiger partial charge in [0.05, 0.1) is 17.1 Å². The van der Waals surface area contributed by atoms with E-state index in [1.807, 2.05) is 37.3 Å². The molecule has 1 aromatic heterocycles. The summed E-state index contributed by atoms with van der Waals surface area (Å²) in [6.07, 6.45) is 5.47. The van der Waals surface area contributed by atoms with E-state index in [0.717, 1.165) is 59.5 Å². The van der Waals surface area contributed by atoms with Crippen molar-refractivity contribution >= 4 is 46.0 Å². The van der Waals surface area contributed by atoms with Gasteiger partial charge >= 0.3 is 0 Å². The van der Waals surface area contributed by atoms with E-state index in [-0.39, 0.29) is 5.91 Å². The predicted octanol–water partition coefficient (Wildman–Crippen LogP) is 5.78. The molecule has 0 bridgehead atoms. The summed E-state index contributed by atoms with van der Waals surface area (Å²) in [5.41, 5.74) is 3.57. The first-order valence-corrected chi connectivity index (χ1v) is 12.5. The van der Waals surface area contributed by atoms with Gasteiger partial charge in [-0.15, -0.1) is 0 Å². The summed E-state index contributed by atoms with van der Waals surface area (Å²) in [5.74, 6) is 1.51. The molecule has 184 valence electrons. The second kappa shape index (κ2) is 11.1. The maximum absolute atomic E-state index is 12.5. The topological polar surface area (TPSA) is 57.7 Å². The van der Waals surface area contributed by atoms with Crippen molar-refractivity contribution in [3.63, 3.8) is 0 Å². The Hall–Kier alpha value is -3.09. The second-order valence-electron chi connectivity index (χ2n) is 9.15. The minimum atomic E-state index is -0.222. The van der Waals surface area contributed by atoms with Gasteiger partial charge in [0.1, 0.15) is 11.6 Å². The molecule has 0 aliphatic carbocycles. The molecule has 1 aliphatic heterocycles. The van der Waals surface area contributed by atoms with Crippen LogP contribution in [-0.4, -0.2) is 55.6 Å². The zero-order chi connectivity index (χ0) is 24.9. The van der Waals surface area contributed by atoms with Crippen LogP contribution >= 0.6 is 11.6 Å². The summed E-state index contributed by atoms with van der Waals surface area (Å²) in [6.45, 7) is 6.62. The van der Waals surface area contributed by atoms with E-state index < -0.39 is 0 Å². The average Bonchev–Trinajstić information content (AvgIpc) is 2.84. The van der Waals surface area contributed by atoms with Crippen molar-refractivity contribution in [2.75, 3.05) is 44.0 Å². The summed E-state index contributed by atoms with van der Waals surface area (Å²) < 4.78 is 5.45. The zero-order valence-electron chi connectivity index (χ0n) is 20.8. The molecule has 3 aromatic rings. The maximum Gasteiger partial charge on any atom is 0.248 e. The van der Waals surface area contributed by atoms with Gasteiger partial charge in [0.25, 0.3) is 0 Å². The molecule has 1 amide bonds. The van der Waals surface area contributed by atoms with Gasteiger partial charge in [0, 0.05) is 36.3 Å². The summed E-state index contributed by atoms with van der Waals surface area (Å²) in [6, 6.07) is 14.1. The number of nitrogens with zero attached hydrogens (tertiary/aromatic N) is 3. The van der Waals surface area contributed by atoms with E-state index in [9.17, 15) is 4.79 Å². The molecule has 0 saturated carbocycles. The Bertz CT molecular complexity index is 1230. The third-order valence-electron chi connectivity index (χ3n) is 6.49. The van der Waals surface area contributed by atoms with Crippen LogP contribution in [0.5, 0.6) is 5.75 Å². The number of fused-ring (bicyclic) bond motifs is 1. The van der Waals surface area contributed by atoms with Crippen molar-refractivity contribution in [3.8, 4) is 5.75 Å². The van der Waals surface area contributed by atoms with Crippen LogP contribution in [0.3, 0.4) is 0 Å². The molecule has 2 aromatic carbocycles. The lowest BCUT2D eigenvalue weighted by Gasteiger charge is -2.36. The quantitative estimate of drug-likeness (QED) is 0.424. The number of halogens is 1. The molecule has 6 nitrogen and oxygen atoms in total. The van der Waals surface area contributed by atoms with Crippen molar-refractivity contribution in [1.82, 2.24) is 9.88 Å². The highest BCUT2D eigenvalue weighted by Crippen LogP contribution is 2.28. The smallest absolute Gasteiger partial charge is 0.248 e. The number of pyridine rings is 1. The van der Waals surface area contributed by atoms with E-state index in [1.54, 1.807) is 12.1 Å². The molecule has 0 atom stereocenters. The number of ether oxygens (including phenoxy) is 1. The van der Waals surface area contributed by atoms with Gasteiger partial charge in [-0.1, -0.05) is 11.6 Å². The number of amides is 1. The van der Waals surface area contributed by atoms with Crippen LogP contribution in [0.4, 0.5) is 11.5 Å². The van der Waals surface area contributed by atoms with Gasteiger partial charge in [0.15, 0.2) is 0 Å². The molecule has 1 saturated heterocycles. The fourth-order valence-electron chi connectivity index (χ4n) is 4.48. The Morgan fingerprint density at radius 3 is 2.66 bits per heavy atom. The number of aryl methyl sites for hydroxylation is 1. The van der Waals surface area contributed by atoms with E-state index in [1.165, 1.54) is 6.08 Å². The lowest BCUT2D eigenvalue weighted by atomic mass is 10.0. The van der Waals surface area contributed by atoms with Gasteiger partial charge in [0.2, 0.25) is 5.91 Å². The summed E-state index contributed by atoms with van der Waals surface area (Å²) >= 11 is 6.31. The Kier molecular flexibility index (Phi) is 7.93. The first kappa shape index (κ1) is 25.0. The number of benzene rings is 2. The molecule has 1 N–H and O–H groups in total. The molecule has 0 unspecified atom stereocenters. The molecule has 7 heteroatoms. The van der Waals surface area contributed by atoms with E-state index in [2.05, 4.69) is 42.2 Å². The average molecular weight is 493 g/mol. The molecule has 2 heterocycles. The van der Waals surface area contributed by atoms with Crippen LogP contribution < -0.4 is 15.0 Å². The van der Waals surface area contributed by atoms with Crippen molar-refractivity contribution in [2.45, 2.75) is 32.7 Å². The Balaban J connectivity index is 1.44. The Morgan fingerprint density at radius 2 is 1.97 bits per heavy atom. The highest BCUT2D eigenvalue weighted by molar-refractivity contribution is 6.32. The van der Waals surface area contributed by atoms with Gasteiger partial charge in [-0.25, -0.2) is 4.98 Å². The molecular weight excluding hydrogens is 460 g/mol. The molecule has 0 radical (unpaired) electrons. The van der Waals surface area contributed by atoms with Crippen LogP contribution in [0, 0.1) is 6.92 Å². The summed E-state index contributed by atoms with van der Waals surface area (Å²) in [5, 5.41) is 4.51. The van der Waals surface area contributed by atoms with Crippen LogP contribution in [0.2, 0.25) is 5.02 Å². The third-order valence-corrected chi connectivity index (χ3v) is 6.81. The van der Waals surface area contributed by atoms with Crippen LogP contribution in [-0.2, 0) is 4.79 Å². The van der Waals surface area contributed by atoms with Crippen LogP contribution in [0.15, 0.2) is 48.5 Å². The van der Waals surface area contributed by atoms with Gasteiger partial charge in [-0.05, 0) is 100 Å². The Labute approximate surface area is 212 Å². The third kappa shape index (κ3) is 6.13. The molecular formula is C28H33ClN4O2. The number of aromatic nitrogens is 1. The highest BCUT2D eigenvalue weighted by Gasteiger charge is 2.22. The number of anilines is 2. The molecule has 1 fully saturated rings. The summed E-state index contributed by atoms with van der Waals surface area (Å²) in [4.78, 5) is 22.1.